The Kier molecular flexibility index (Phi) is 5.87. The summed E-state index contributed by atoms with van der Waals surface area (Å²) in [5, 5.41) is 11.9. The molecule has 1 N–H and O–H groups in total. The van der Waals surface area contributed by atoms with Gasteiger partial charge in [0, 0.05) is 24.8 Å². The van der Waals surface area contributed by atoms with Gasteiger partial charge < -0.3 is 10.2 Å². The molecule has 0 bridgehead atoms. The number of hydrogen-bond donors (Lipinski definition) is 1. The molecule has 0 aliphatic heterocycles. The average Bonchev–Trinajstić information content (AvgIpc) is 2.39. The summed E-state index contributed by atoms with van der Waals surface area (Å²) in [4.78, 5) is 14.3. The van der Waals surface area contributed by atoms with Gasteiger partial charge >= 0.3 is 0 Å². The molecule has 1 amide bonds. The molecule has 0 radical (unpaired) electrons. The fraction of sp³-hybridized carbons (Fsp3) is 0.467. The lowest BCUT2D eigenvalue weighted by atomic mass is 10.1. The van der Waals surface area contributed by atoms with E-state index in [0.29, 0.717) is 18.5 Å². The van der Waals surface area contributed by atoms with E-state index in [1.807, 2.05) is 45.0 Å². The van der Waals surface area contributed by atoms with Crippen LogP contribution in [0.2, 0.25) is 0 Å². The van der Waals surface area contributed by atoms with Crippen LogP contribution in [0.5, 0.6) is 0 Å². The Hall–Kier alpha value is -2.02. The number of anilines is 1. The Morgan fingerprint density at radius 3 is 2.68 bits per heavy atom. The van der Waals surface area contributed by atoms with Crippen molar-refractivity contribution in [3.63, 3.8) is 0 Å². The normalized spacial score (nSPS) is 10.1. The zero-order chi connectivity index (χ0) is 14.3. The van der Waals surface area contributed by atoms with Crippen molar-refractivity contribution >= 4 is 11.6 Å². The maximum Gasteiger partial charge on any atom is 0.256 e. The van der Waals surface area contributed by atoms with Crippen LogP contribution in [0.25, 0.3) is 0 Å². The fourth-order valence-electron chi connectivity index (χ4n) is 1.93. The highest BCUT2D eigenvalue weighted by Gasteiger charge is 2.20. The van der Waals surface area contributed by atoms with Crippen LogP contribution in [0.3, 0.4) is 0 Å². The highest BCUT2D eigenvalue weighted by molar-refractivity contribution is 5.99. The van der Waals surface area contributed by atoms with Crippen molar-refractivity contribution in [2.45, 2.75) is 33.2 Å². The number of amides is 1. The van der Waals surface area contributed by atoms with Crippen LogP contribution in [0.1, 0.15) is 37.6 Å². The number of hydrogen-bond acceptors (Lipinski definition) is 3. The molecule has 0 atom stereocenters. The summed E-state index contributed by atoms with van der Waals surface area (Å²) in [6.07, 6.45) is 0.354. The molecule has 0 spiro atoms. The van der Waals surface area contributed by atoms with Crippen LogP contribution in [0.4, 0.5) is 5.69 Å². The molecule has 0 heterocycles. The van der Waals surface area contributed by atoms with Gasteiger partial charge in [-0.3, -0.25) is 4.79 Å². The topological polar surface area (TPSA) is 56.1 Å². The van der Waals surface area contributed by atoms with E-state index < -0.39 is 0 Å². The van der Waals surface area contributed by atoms with E-state index in [1.54, 1.807) is 4.90 Å². The van der Waals surface area contributed by atoms with Gasteiger partial charge in [0.05, 0.1) is 18.1 Å². The molecular weight excluding hydrogens is 238 g/mol. The molecule has 0 fully saturated rings. The molecule has 19 heavy (non-hydrogen) atoms. The van der Waals surface area contributed by atoms with Crippen molar-refractivity contribution in [3.05, 3.63) is 29.8 Å². The van der Waals surface area contributed by atoms with Gasteiger partial charge in [0.15, 0.2) is 0 Å². The first-order valence-electron chi connectivity index (χ1n) is 6.62. The number of benzene rings is 1. The summed E-state index contributed by atoms with van der Waals surface area (Å²) in [6.45, 7) is 7.16. The second kappa shape index (κ2) is 7.42. The highest BCUT2D eigenvalue weighted by atomic mass is 16.2. The SMILES string of the molecule is CCNc1ccccc1C(=O)N(CCC#N)C(C)C. The minimum atomic E-state index is -0.0261. The van der Waals surface area contributed by atoms with Crippen molar-refractivity contribution in [1.82, 2.24) is 4.90 Å². The third-order valence-electron chi connectivity index (χ3n) is 2.87. The summed E-state index contributed by atoms with van der Waals surface area (Å²) < 4.78 is 0. The molecule has 0 saturated carbocycles. The molecule has 1 aromatic carbocycles. The summed E-state index contributed by atoms with van der Waals surface area (Å²) in [6, 6.07) is 9.66. The Labute approximate surface area is 115 Å². The van der Waals surface area contributed by atoms with Crippen molar-refractivity contribution < 1.29 is 4.79 Å². The lowest BCUT2D eigenvalue weighted by Gasteiger charge is -2.26. The Bertz CT molecular complexity index is 463. The second-order valence-corrected chi connectivity index (χ2v) is 4.58. The van der Waals surface area contributed by atoms with Crippen LogP contribution >= 0.6 is 0 Å². The van der Waals surface area contributed by atoms with E-state index in [-0.39, 0.29) is 11.9 Å². The standard InChI is InChI=1S/C15H21N3O/c1-4-17-14-9-6-5-8-13(14)15(19)18(12(2)3)11-7-10-16/h5-6,8-9,12,17H,4,7,11H2,1-3H3. The molecule has 4 heteroatoms. The van der Waals surface area contributed by atoms with Gasteiger partial charge in [-0.1, -0.05) is 12.1 Å². The van der Waals surface area contributed by atoms with E-state index in [0.717, 1.165) is 12.2 Å². The van der Waals surface area contributed by atoms with Crippen LogP contribution in [0.15, 0.2) is 24.3 Å². The lowest BCUT2D eigenvalue weighted by Crippen LogP contribution is -2.38. The molecule has 0 aromatic heterocycles. The van der Waals surface area contributed by atoms with E-state index in [4.69, 9.17) is 5.26 Å². The number of nitrogens with zero attached hydrogens (tertiary/aromatic N) is 2. The monoisotopic (exact) mass is 259 g/mol. The molecule has 1 rings (SSSR count). The first-order chi connectivity index (χ1) is 9.11. The molecule has 1 aromatic rings. The minimum absolute atomic E-state index is 0.0261. The largest absolute Gasteiger partial charge is 0.385 e. The molecule has 102 valence electrons. The van der Waals surface area contributed by atoms with Crippen molar-refractivity contribution in [2.24, 2.45) is 0 Å². The number of nitriles is 1. The zero-order valence-corrected chi connectivity index (χ0v) is 11.8. The molecule has 0 unspecified atom stereocenters. The maximum absolute atomic E-state index is 12.6. The van der Waals surface area contributed by atoms with E-state index in [2.05, 4.69) is 11.4 Å². The number of carbonyl (C=O) groups excluding carboxylic acids is 1. The predicted octanol–water partition coefficient (Wildman–Crippen LogP) is 2.88. The number of carbonyl (C=O) groups is 1. The number of rotatable bonds is 6. The molecule has 4 nitrogen and oxygen atoms in total. The average molecular weight is 259 g/mol. The van der Waals surface area contributed by atoms with Gasteiger partial charge in [0.25, 0.3) is 5.91 Å². The number of nitrogens with one attached hydrogen (secondary N) is 1. The summed E-state index contributed by atoms with van der Waals surface area (Å²) >= 11 is 0. The Balaban J connectivity index is 2.99. The quantitative estimate of drug-likeness (QED) is 0.854. The van der Waals surface area contributed by atoms with Gasteiger partial charge in [-0.2, -0.15) is 5.26 Å². The van der Waals surface area contributed by atoms with Crippen molar-refractivity contribution in [3.8, 4) is 6.07 Å². The van der Waals surface area contributed by atoms with E-state index >= 15 is 0 Å². The second-order valence-electron chi connectivity index (χ2n) is 4.58. The third kappa shape index (κ3) is 3.99. The molecule has 0 saturated heterocycles. The van der Waals surface area contributed by atoms with Crippen LogP contribution < -0.4 is 5.32 Å². The Morgan fingerprint density at radius 1 is 1.42 bits per heavy atom. The smallest absolute Gasteiger partial charge is 0.256 e. The summed E-state index contributed by atoms with van der Waals surface area (Å²) in [5.74, 6) is -0.0261. The zero-order valence-electron chi connectivity index (χ0n) is 11.8. The van der Waals surface area contributed by atoms with Crippen molar-refractivity contribution in [2.75, 3.05) is 18.4 Å². The van der Waals surface area contributed by atoms with Crippen molar-refractivity contribution in [1.29, 1.82) is 5.26 Å². The Morgan fingerprint density at radius 2 is 2.11 bits per heavy atom. The fourth-order valence-corrected chi connectivity index (χ4v) is 1.93. The highest BCUT2D eigenvalue weighted by Crippen LogP contribution is 2.18. The van der Waals surface area contributed by atoms with E-state index in [1.165, 1.54) is 0 Å². The van der Waals surface area contributed by atoms with Crippen LogP contribution in [-0.2, 0) is 0 Å². The van der Waals surface area contributed by atoms with Gasteiger partial charge in [-0.15, -0.1) is 0 Å². The van der Waals surface area contributed by atoms with Crippen LogP contribution in [-0.4, -0.2) is 29.9 Å². The number of para-hydroxylation sites is 1. The summed E-state index contributed by atoms with van der Waals surface area (Å²) in [7, 11) is 0. The first-order valence-corrected chi connectivity index (χ1v) is 6.62. The lowest BCUT2D eigenvalue weighted by molar-refractivity contribution is 0.0711. The van der Waals surface area contributed by atoms with Gasteiger partial charge in [0.1, 0.15) is 0 Å². The summed E-state index contributed by atoms with van der Waals surface area (Å²) in [5.41, 5.74) is 1.51. The van der Waals surface area contributed by atoms with E-state index in [9.17, 15) is 4.79 Å². The minimum Gasteiger partial charge on any atom is -0.385 e. The van der Waals surface area contributed by atoms with Gasteiger partial charge in [-0.25, -0.2) is 0 Å². The van der Waals surface area contributed by atoms with Gasteiger partial charge in [-0.05, 0) is 32.9 Å². The molecular formula is C15H21N3O. The predicted molar refractivity (Wildman–Crippen MR) is 77.0 cm³/mol. The third-order valence-corrected chi connectivity index (χ3v) is 2.87. The maximum atomic E-state index is 12.6. The van der Waals surface area contributed by atoms with Gasteiger partial charge in [0.2, 0.25) is 0 Å². The van der Waals surface area contributed by atoms with Crippen LogP contribution in [0, 0.1) is 11.3 Å². The first kappa shape index (κ1) is 15.0. The molecule has 0 aliphatic rings. The molecule has 0 aliphatic carbocycles.